The second-order valence-electron chi connectivity index (χ2n) is 7.68. The van der Waals surface area contributed by atoms with Crippen LogP contribution in [-0.4, -0.2) is 51.5 Å². The molecule has 1 aliphatic heterocycles. The summed E-state index contributed by atoms with van der Waals surface area (Å²) < 4.78 is 7.48. The molecule has 0 bridgehead atoms. The van der Waals surface area contributed by atoms with Gasteiger partial charge in [0.2, 0.25) is 0 Å². The van der Waals surface area contributed by atoms with Gasteiger partial charge in [-0.15, -0.1) is 0 Å². The summed E-state index contributed by atoms with van der Waals surface area (Å²) in [6, 6.07) is 2.62. The van der Waals surface area contributed by atoms with Gasteiger partial charge in [0.05, 0.1) is 0 Å². The molecule has 0 aliphatic carbocycles. The van der Waals surface area contributed by atoms with Crippen molar-refractivity contribution < 1.29 is 9.53 Å². The van der Waals surface area contributed by atoms with E-state index >= 15 is 0 Å². The first-order valence-electron chi connectivity index (χ1n) is 9.05. The highest BCUT2D eigenvalue weighted by Gasteiger charge is 2.32. The Bertz CT molecular complexity index is 496. The number of likely N-dealkylation sites (tertiary alicyclic amines) is 1. The van der Waals surface area contributed by atoms with Crippen molar-refractivity contribution in [3.05, 3.63) is 18.5 Å². The molecule has 2 heterocycles. The SMILES string of the molecule is CC(CC1CCCN1C(=O)OC(C)(C)C)NCCCn1cccn1. The topological polar surface area (TPSA) is 59.4 Å². The first-order valence-corrected chi connectivity index (χ1v) is 9.05. The third-order valence-corrected chi connectivity index (χ3v) is 4.25. The lowest BCUT2D eigenvalue weighted by molar-refractivity contribution is 0.0214. The Labute approximate surface area is 145 Å². The lowest BCUT2D eigenvalue weighted by atomic mass is 10.1. The van der Waals surface area contributed by atoms with Gasteiger partial charge in [0, 0.05) is 37.6 Å². The fraction of sp³-hybridized carbons (Fsp3) is 0.778. The van der Waals surface area contributed by atoms with E-state index in [4.69, 9.17) is 4.74 Å². The van der Waals surface area contributed by atoms with Gasteiger partial charge in [-0.2, -0.15) is 5.10 Å². The van der Waals surface area contributed by atoms with E-state index in [9.17, 15) is 4.79 Å². The second kappa shape index (κ2) is 8.51. The van der Waals surface area contributed by atoms with Crippen molar-refractivity contribution >= 4 is 6.09 Å². The number of aryl methyl sites for hydroxylation is 1. The van der Waals surface area contributed by atoms with Gasteiger partial charge in [-0.1, -0.05) is 0 Å². The quantitative estimate of drug-likeness (QED) is 0.778. The van der Waals surface area contributed by atoms with Crippen molar-refractivity contribution in [2.45, 2.75) is 77.6 Å². The summed E-state index contributed by atoms with van der Waals surface area (Å²) in [5.41, 5.74) is -0.430. The van der Waals surface area contributed by atoms with Crippen LogP contribution in [0.1, 0.15) is 53.4 Å². The number of carbonyl (C=O) groups excluding carboxylic acids is 1. The van der Waals surface area contributed by atoms with E-state index in [2.05, 4.69) is 17.3 Å². The molecule has 136 valence electrons. The maximum absolute atomic E-state index is 12.3. The number of carbonyl (C=O) groups is 1. The van der Waals surface area contributed by atoms with Crippen molar-refractivity contribution in [2.75, 3.05) is 13.1 Å². The van der Waals surface area contributed by atoms with Gasteiger partial charge in [0.15, 0.2) is 0 Å². The number of hydrogen-bond donors (Lipinski definition) is 1. The summed E-state index contributed by atoms with van der Waals surface area (Å²) in [6.07, 6.45) is 7.78. The minimum absolute atomic E-state index is 0.170. The first-order chi connectivity index (χ1) is 11.3. The minimum Gasteiger partial charge on any atom is -0.444 e. The average molecular weight is 336 g/mol. The molecular weight excluding hydrogens is 304 g/mol. The number of nitrogens with one attached hydrogen (secondary N) is 1. The molecule has 24 heavy (non-hydrogen) atoms. The predicted molar refractivity (Wildman–Crippen MR) is 94.9 cm³/mol. The number of amides is 1. The average Bonchev–Trinajstić information content (AvgIpc) is 3.13. The van der Waals surface area contributed by atoms with Crippen LogP contribution in [0.5, 0.6) is 0 Å². The van der Waals surface area contributed by atoms with Crippen LogP contribution < -0.4 is 5.32 Å². The third kappa shape index (κ3) is 6.15. The van der Waals surface area contributed by atoms with Gasteiger partial charge >= 0.3 is 6.09 Å². The molecule has 1 fully saturated rings. The van der Waals surface area contributed by atoms with E-state index < -0.39 is 5.60 Å². The highest BCUT2D eigenvalue weighted by molar-refractivity contribution is 5.68. The number of aromatic nitrogens is 2. The highest BCUT2D eigenvalue weighted by atomic mass is 16.6. The van der Waals surface area contributed by atoms with Gasteiger partial charge in [0.25, 0.3) is 0 Å². The molecule has 6 nitrogen and oxygen atoms in total. The van der Waals surface area contributed by atoms with Crippen LogP contribution in [0.4, 0.5) is 4.79 Å². The number of rotatable bonds is 7. The summed E-state index contributed by atoms with van der Waals surface area (Å²) in [5, 5.41) is 7.77. The van der Waals surface area contributed by atoms with Crippen LogP contribution in [0, 0.1) is 0 Å². The summed E-state index contributed by atoms with van der Waals surface area (Å²) in [7, 11) is 0. The monoisotopic (exact) mass is 336 g/mol. The smallest absolute Gasteiger partial charge is 0.410 e. The molecule has 0 spiro atoms. The van der Waals surface area contributed by atoms with E-state index in [1.807, 2.05) is 42.6 Å². The normalized spacial score (nSPS) is 19.5. The van der Waals surface area contributed by atoms with Crippen molar-refractivity contribution in [1.82, 2.24) is 20.0 Å². The molecule has 2 atom stereocenters. The second-order valence-corrected chi connectivity index (χ2v) is 7.68. The van der Waals surface area contributed by atoms with E-state index in [0.29, 0.717) is 6.04 Å². The molecule has 0 saturated carbocycles. The highest BCUT2D eigenvalue weighted by Crippen LogP contribution is 2.24. The lowest BCUT2D eigenvalue weighted by Gasteiger charge is -2.30. The summed E-state index contributed by atoms with van der Waals surface area (Å²) >= 11 is 0. The maximum Gasteiger partial charge on any atom is 0.410 e. The van der Waals surface area contributed by atoms with Crippen LogP contribution in [0.3, 0.4) is 0 Å². The van der Waals surface area contributed by atoms with Crippen molar-refractivity contribution in [1.29, 1.82) is 0 Å². The molecule has 2 rings (SSSR count). The van der Waals surface area contributed by atoms with Crippen LogP contribution in [0.2, 0.25) is 0 Å². The molecule has 1 amide bonds. The predicted octanol–water partition coefficient (Wildman–Crippen LogP) is 3.04. The van der Waals surface area contributed by atoms with E-state index in [1.54, 1.807) is 6.20 Å². The molecule has 0 aromatic carbocycles. The zero-order valence-electron chi connectivity index (χ0n) is 15.5. The molecule has 1 saturated heterocycles. The van der Waals surface area contributed by atoms with Gasteiger partial charge in [-0.25, -0.2) is 4.79 Å². The van der Waals surface area contributed by atoms with Gasteiger partial charge < -0.3 is 15.0 Å². The Morgan fingerprint density at radius 1 is 1.46 bits per heavy atom. The molecule has 1 aromatic rings. The third-order valence-electron chi connectivity index (χ3n) is 4.25. The Balaban J connectivity index is 1.69. The molecule has 0 radical (unpaired) electrons. The number of ether oxygens (including phenoxy) is 1. The van der Waals surface area contributed by atoms with E-state index in [1.165, 1.54) is 0 Å². The fourth-order valence-corrected chi connectivity index (χ4v) is 3.16. The zero-order valence-corrected chi connectivity index (χ0v) is 15.5. The summed E-state index contributed by atoms with van der Waals surface area (Å²) in [5.74, 6) is 0. The molecule has 6 heteroatoms. The van der Waals surface area contributed by atoms with Crippen LogP contribution in [-0.2, 0) is 11.3 Å². The number of hydrogen-bond acceptors (Lipinski definition) is 4. The van der Waals surface area contributed by atoms with E-state index in [0.717, 1.165) is 45.3 Å². The standard InChI is InChI=1S/C18H32N4O2/c1-15(19-9-6-11-21-12-7-10-20-21)14-16-8-5-13-22(16)17(23)24-18(2,3)4/h7,10,12,15-16,19H,5-6,8-9,11,13-14H2,1-4H3. The lowest BCUT2D eigenvalue weighted by Crippen LogP contribution is -2.42. The van der Waals surface area contributed by atoms with Gasteiger partial charge in [-0.3, -0.25) is 4.68 Å². The summed E-state index contributed by atoms with van der Waals surface area (Å²) in [6.45, 7) is 10.6. The van der Waals surface area contributed by atoms with Crippen molar-refractivity contribution in [3.63, 3.8) is 0 Å². The molecular formula is C18H32N4O2. The van der Waals surface area contributed by atoms with E-state index in [-0.39, 0.29) is 12.1 Å². The van der Waals surface area contributed by atoms with Crippen LogP contribution >= 0.6 is 0 Å². The Kier molecular flexibility index (Phi) is 6.66. The zero-order chi connectivity index (χ0) is 17.6. The van der Waals surface area contributed by atoms with Gasteiger partial charge in [0.1, 0.15) is 5.60 Å². The van der Waals surface area contributed by atoms with Crippen LogP contribution in [0.25, 0.3) is 0 Å². The molecule has 1 aliphatic rings. The number of nitrogens with zero attached hydrogens (tertiary/aromatic N) is 3. The Hall–Kier alpha value is -1.56. The van der Waals surface area contributed by atoms with Crippen molar-refractivity contribution in [2.24, 2.45) is 0 Å². The fourth-order valence-electron chi connectivity index (χ4n) is 3.16. The van der Waals surface area contributed by atoms with Gasteiger partial charge in [-0.05, 0) is 66.0 Å². The minimum atomic E-state index is -0.430. The Morgan fingerprint density at radius 3 is 2.92 bits per heavy atom. The first kappa shape index (κ1) is 18.8. The van der Waals surface area contributed by atoms with Crippen molar-refractivity contribution in [3.8, 4) is 0 Å². The maximum atomic E-state index is 12.3. The summed E-state index contributed by atoms with van der Waals surface area (Å²) in [4.78, 5) is 14.2. The molecule has 1 aromatic heterocycles. The molecule has 2 unspecified atom stereocenters. The Morgan fingerprint density at radius 2 is 2.25 bits per heavy atom. The van der Waals surface area contributed by atoms with Crippen LogP contribution in [0.15, 0.2) is 18.5 Å². The largest absolute Gasteiger partial charge is 0.444 e. The molecule has 1 N–H and O–H groups in total.